The van der Waals surface area contributed by atoms with E-state index in [0.29, 0.717) is 42.3 Å². The molecule has 0 atom stereocenters. The van der Waals surface area contributed by atoms with Crippen molar-refractivity contribution in [2.75, 3.05) is 19.5 Å². The van der Waals surface area contributed by atoms with Crippen molar-refractivity contribution in [3.05, 3.63) is 35.0 Å². The fraction of sp³-hybridized carbons (Fsp3) is 0.267. The molecule has 0 spiro atoms. The Kier molecular flexibility index (Phi) is 3.42. The molecule has 0 fully saturated rings. The zero-order valence-corrected chi connectivity index (χ0v) is 11.6. The minimum Gasteiger partial charge on any atom is -0.481 e. The van der Waals surface area contributed by atoms with Crippen molar-refractivity contribution < 1.29 is 9.47 Å². The number of hydrogen-bond donors (Lipinski definition) is 1. The minimum absolute atomic E-state index is 0.234. The maximum Gasteiger partial charge on any atom is 0.213 e. The molecule has 3 heterocycles. The number of pyridine rings is 2. The van der Waals surface area contributed by atoms with E-state index >= 15 is 0 Å². The van der Waals surface area contributed by atoms with Crippen molar-refractivity contribution in [1.29, 1.82) is 5.26 Å². The Morgan fingerprint density at radius 3 is 3.00 bits per heavy atom. The summed E-state index contributed by atoms with van der Waals surface area (Å²) in [7, 11) is 1.55. The van der Waals surface area contributed by atoms with Crippen LogP contribution in [0.5, 0.6) is 5.88 Å². The second-order valence-corrected chi connectivity index (χ2v) is 4.65. The van der Waals surface area contributed by atoms with Gasteiger partial charge in [0.05, 0.1) is 31.7 Å². The molecule has 0 amide bonds. The quantitative estimate of drug-likeness (QED) is 0.900. The van der Waals surface area contributed by atoms with E-state index in [1.54, 1.807) is 13.2 Å². The van der Waals surface area contributed by atoms with Crippen LogP contribution >= 0.6 is 0 Å². The number of hydrogen-bond acceptors (Lipinski definition) is 6. The molecule has 0 aromatic carbocycles. The Morgan fingerprint density at radius 1 is 1.38 bits per heavy atom. The highest BCUT2D eigenvalue weighted by molar-refractivity contribution is 5.77. The molecule has 2 aromatic rings. The van der Waals surface area contributed by atoms with Gasteiger partial charge in [-0.2, -0.15) is 5.26 Å². The van der Waals surface area contributed by atoms with Crippen LogP contribution in [0.15, 0.2) is 18.2 Å². The number of nitriles is 1. The molecule has 0 bridgehead atoms. The van der Waals surface area contributed by atoms with Crippen LogP contribution in [-0.4, -0.2) is 23.7 Å². The summed E-state index contributed by atoms with van der Waals surface area (Å²) < 4.78 is 10.7. The molecule has 6 nitrogen and oxygen atoms in total. The summed E-state index contributed by atoms with van der Waals surface area (Å²) in [5.41, 5.74) is 9.35. The van der Waals surface area contributed by atoms with Crippen molar-refractivity contribution in [2.45, 2.75) is 13.0 Å². The minimum atomic E-state index is 0.234. The van der Waals surface area contributed by atoms with Gasteiger partial charge in [0.15, 0.2) is 0 Å². The van der Waals surface area contributed by atoms with Gasteiger partial charge in [-0.3, -0.25) is 0 Å². The highest BCUT2D eigenvalue weighted by atomic mass is 16.5. The van der Waals surface area contributed by atoms with E-state index in [-0.39, 0.29) is 5.82 Å². The number of aromatic nitrogens is 2. The van der Waals surface area contributed by atoms with E-state index in [1.165, 1.54) is 0 Å². The fourth-order valence-corrected chi connectivity index (χ4v) is 2.46. The van der Waals surface area contributed by atoms with Gasteiger partial charge >= 0.3 is 0 Å². The highest BCUT2D eigenvalue weighted by Crippen LogP contribution is 2.34. The summed E-state index contributed by atoms with van der Waals surface area (Å²) in [6.45, 7) is 1.02. The molecule has 0 radical (unpaired) electrons. The highest BCUT2D eigenvalue weighted by Gasteiger charge is 2.23. The lowest BCUT2D eigenvalue weighted by Gasteiger charge is -2.21. The molecular weight excluding hydrogens is 268 g/mol. The van der Waals surface area contributed by atoms with Crippen LogP contribution in [0, 0.1) is 11.3 Å². The maximum atomic E-state index is 9.42. The molecule has 0 saturated carbocycles. The van der Waals surface area contributed by atoms with Gasteiger partial charge in [-0.1, -0.05) is 6.07 Å². The summed E-state index contributed by atoms with van der Waals surface area (Å²) in [4.78, 5) is 8.74. The number of nitrogen functional groups attached to an aromatic ring is 1. The molecule has 3 rings (SSSR count). The third-order valence-corrected chi connectivity index (χ3v) is 3.44. The van der Waals surface area contributed by atoms with Gasteiger partial charge in [0.1, 0.15) is 17.5 Å². The third kappa shape index (κ3) is 2.28. The number of methoxy groups -OCH3 is 1. The van der Waals surface area contributed by atoms with Gasteiger partial charge in [0.25, 0.3) is 0 Å². The van der Waals surface area contributed by atoms with E-state index in [1.807, 2.05) is 12.1 Å². The van der Waals surface area contributed by atoms with Crippen LogP contribution < -0.4 is 10.5 Å². The van der Waals surface area contributed by atoms with E-state index < -0.39 is 0 Å². The zero-order valence-electron chi connectivity index (χ0n) is 11.6. The lowest BCUT2D eigenvalue weighted by Crippen LogP contribution is -2.16. The molecule has 2 aromatic heterocycles. The van der Waals surface area contributed by atoms with Gasteiger partial charge in [-0.15, -0.1) is 0 Å². The Morgan fingerprint density at radius 2 is 2.24 bits per heavy atom. The molecule has 1 aliphatic heterocycles. The van der Waals surface area contributed by atoms with Crippen molar-refractivity contribution >= 4 is 5.82 Å². The monoisotopic (exact) mass is 282 g/mol. The fourth-order valence-electron chi connectivity index (χ4n) is 2.46. The summed E-state index contributed by atoms with van der Waals surface area (Å²) in [5, 5.41) is 9.42. The van der Waals surface area contributed by atoms with Crippen LogP contribution in [0.4, 0.5) is 5.82 Å². The first-order valence-electron chi connectivity index (χ1n) is 6.55. The van der Waals surface area contributed by atoms with Gasteiger partial charge in [0.2, 0.25) is 5.88 Å². The normalized spacial score (nSPS) is 13.3. The molecule has 2 N–H and O–H groups in total. The summed E-state index contributed by atoms with van der Waals surface area (Å²) in [6, 6.07) is 7.53. The van der Waals surface area contributed by atoms with Crippen LogP contribution in [-0.2, 0) is 17.8 Å². The predicted octanol–water partition coefficient (Wildman–Crippen LogP) is 1.68. The number of nitrogens with zero attached hydrogens (tertiary/aromatic N) is 3. The Balaban J connectivity index is 2.29. The largest absolute Gasteiger partial charge is 0.481 e. The van der Waals surface area contributed by atoms with Gasteiger partial charge in [0, 0.05) is 23.6 Å². The molecule has 106 valence electrons. The molecular formula is C15H14N4O2. The second-order valence-electron chi connectivity index (χ2n) is 4.65. The number of fused-ring (bicyclic) bond motifs is 1. The average molecular weight is 282 g/mol. The number of nitrogens with two attached hydrogens (primary N) is 1. The smallest absolute Gasteiger partial charge is 0.213 e. The standard InChI is InChI=1S/C15H14N4O2/c1-20-13-4-2-3-12(18-13)14-9(7-16)15(17)19-11-5-6-21-8-10(11)14/h2-4H,5-6,8H2,1H3,(H2,17,19). The van der Waals surface area contributed by atoms with E-state index in [9.17, 15) is 5.26 Å². The van der Waals surface area contributed by atoms with E-state index in [4.69, 9.17) is 15.2 Å². The summed E-state index contributed by atoms with van der Waals surface area (Å²) in [6.07, 6.45) is 0.683. The van der Waals surface area contributed by atoms with Crippen molar-refractivity contribution in [2.24, 2.45) is 0 Å². The van der Waals surface area contributed by atoms with Crippen LogP contribution in [0.3, 0.4) is 0 Å². The molecule has 0 saturated heterocycles. The molecule has 1 aliphatic rings. The van der Waals surface area contributed by atoms with Crippen molar-refractivity contribution in [3.8, 4) is 23.2 Å². The van der Waals surface area contributed by atoms with Gasteiger partial charge in [-0.25, -0.2) is 9.97 Å². The zero-order chi connectivity index (χ0) is 14.8. The molecule has 0 unspecified atom stereocenters. The SMILES string of the molecule is COc1cccc(-c2c(C#N)c(N)nc3c2COCC3)n1. The second kappa shape index (κ2) is 5.38. The summed E-state index contributed by atoms with van der Waals surface area (Å²) >= 11 is 0. The summed E-state index contributed by atoms with van der Waals surface area (Å²) in [5.74, 6) is 0.718. The lowest BCUT2D eigenvalue weighted by molar-refractivity contribution is 0.109. The number of anilines is 1. The first-order chi connectivity index (χ1) is 10.2. The Labute approximate surface area is 122 Å². The number of ether oxygens (including phenoxy) is 2. The van der Waals surface area contributed by atoms with E-state index in [0.717, 1.165) is 11.3 Å². The Bertz CT molecular complexity index is 737. The maximum absolute atomic E-state index is 9.42. The lowest BCUT2D eigenvalue weighted by atomic mass is 9.95. The first kappa shape index (κ1) is 13.3. The van der Waals surface area contributed by atoms with E-state index in [2.05, 4.69) is 16.0 Å². The van der Waals surface area contributed by atoms with Crippen LogP contribution in [0.1, 0.15) is 16.8 Å². The topological polar surface area (TPSA) is 94.0 Å². The van der Waals surface area contributed by atoms with Crippen LogP contribution in [0.25, 0.3) is 11.3 Å². The average Bonchev–Trinajstić information content (AvgIpc) is 2.53. The number of rotatable bonds is 2. The molecule has 0 aliphatic carbocycles. The van der Waals surface area contributed by atoms with Crippen molar-refractivity contribution in [1.82, 2.24) is 9.97 Å². The third-order valence-electron chi connectivity index (χ3n) is 3.44. The first-order valence-corrected chi connectivity index (χ1v) is 6.55. The molecule has 21 heavy (non-hydrogen) atoms. The predicted molar refractivity (Wildman–Crippen MR) is 76.5 cm³/mol. The molecule has 6 heteroatoms. The van der Waals surface area contributed by atoms with Crippen LogP contribution in [0.2, 0.25) is 0 Å². The Hall–Kier alpha value is -2.65. The van der Waals surface area contributed by atoms with Crippen molar-refractivity contribution in [3.63, 3.8) is 0 Å². The van der Waals surface area contributed by atoms with Gasteiger partial charge < -0.3 is 15.2 Å². The van der Waals surface area contributed by atoms with Gasteiger partial charge in [-0.05, 0) is 6.07 Å².